The van der Waals surface area contributed by atoms with Gasteiger partial charge in [-0.2, -0.15) is 5.10 Å². The molecule has 1 saturated heterocycles. The van der Waals surface area contributed by atoms with Crippen molar-refractivity contribution in [2.75, 3.05) is 13.7 Å². The van der Waals surface area contributed by atoms with Gasteiger partial charge in [-0.1, -0.05) is 25.1 Å². The molecule has 7 nitrogen and oxygen atoms in total. The molecule has 0 radical (unpaired) electrons. The highest BCUT2D eigenvalue weighted by Gasteiger charge is 2.37. The van der Waals surface area contributed by atoms with Crippen LogP contribution in [-0.4, -0.2) is 51.4 Å². The summed E-state index contributed by atoms with van der Waals surface area (Å²) in [4.78, 5) is 25.9. The smallest absolute Gasteiger partial charge is 0.326 e. The van der Waals surface area contributed by atoms with E-state index < -0.39 is 17.9 Å². The molecular weight excluding hydrogens is 322 g/mol. The third kappa shape index (κ3) is 3.35. The van der Waals surface area contributed by atoms with E-state index in [1.165, 1.54) is 12.0 Å². The predicted octanol–water partition coefficient (Wildman–Crippen LogP) is 2.21. The molecule has 0 saturated carbocycles. The molecule has 0 bridgehead atoms. The highest BCUT2D eigenvalue weighted by Crippen LogP contribution is 2.27. The first-order chi connectivity index (χ1) is 12.0. The van der Waals surface area contributed by atoms with Crippen molar-refractivity contribution in [3.05, 3.63) is 42.2 Å². The molecule has 1 aliphatic rings. The van der Waals surface area contributed by atoms with Crippen LogP contribution >= 0.6 is 0 Å². The monoisotopic (exact) mass is 343 g/mol. The number of nitrogens with zero attached hydrogens (tertiary/aromatic N) is 3. The first kappa shape index (κ1) is 17.0. The number of rotatable bonds is 4. The average Bonchev–Trinajstić information content (AvgIpc) is 3.06. The largest absolute Gasteiger partial charge is 0.493 e. The summed E-state index contributed by atoms with van der Waals surface area (Å²) in [6.07, 6.45) is 2.85. The zero-order valence-electron chi connectivity index (χ0n) is 14.3. The molecule has 2 atom stereocenters. The minimum atomic E-state index is -0.985. The number of carbonyl (C=O) groups is 2. The fourth-order valence-corrected chi connectivity index (χ4v) is 3.12. The normalized spacial score (nSPS) is 20.3. The SMILES string of the molecule is COc1cn(-c2ccccc2)nc1C(=O)N1CCC(C)CC1C(=O)O. The number of amides is 1. The summed E-state index contributed by atoms with van der Waals surface area (Å²) < 4.78 is 6.86. The van der Waals surface area contributed by atoms with E-state index in [9.17, 15) is 14.7 Å². The van der Waals surface area contributed by atoms with Crippen LogP contribution in [0.5, 0.6) is 5.75 Å². The van der Waals surface area contributed by atoms with Gasteiger partial charge in [0.1, 0.15) is 6.04 Å². The first-order valence-electron chi connectivity index (χ1n) is 8.24. The van der Waals surface area contributed by atoms with Gasteiger partial charge in [-0.3, -0.25) is 4.79 Å². The molecule has 0 aliphatic carbocycles. The van der Waals surface area contributed by atoms with Gasteiger partial charge in [-0.05, 0) is 30.9 Å². The van der Waals surface area contributed by atoms with E-state index in [-0.39, 0.29) is 11.6 Å². The zero-order valence-corrected chi connectivity index (χ0v) is 14.3. The molecule has 2 unspecified atom stereocenters. The molecule has 1 amide bonds. The summed E-state index contributed by atoms with van der Waals surface area (Å²) in [5, 5.41) is 13.8. The highest BCUT2D eigenvalue weighted by atomic mass is 16.5. The van der Waals surface area contributed by atoms with Crippen LogP contribution < -0.4 is 4.74 Å². The molecule has 2 aromatic rings. The first-order valence-corrected chi connectivity index (χ1v) is 8.24. The van der Waals surface area contributed by atoms with Crippen LogP contribution in [0, 0.1) is 5.92 Å². The van der Waals surface area contributed by atoms with E-state index in [2.05, 4.69) is 5.10 Å². The van der Waals surface area contributed by atoms with Crippen LogP contribution in [0.2, 0.25) is 0 Å². The van der Waals surface area contributed by atoms with Gasteiger partial charge in [-0.25, -0.2) is 9.48 Å². The summed E-state index contributed by atoms with van der Waals surface area (Å²) in [5.74, 6) is -0.794. The number of hydrogen-bond acceptors (Lipinski definition) is 4. The van der Waals surface area contributed by atoms with Gasteiger partial charge < -0.3 is 14.7 Å². The maximum atomic E-state index is 13.0. The number of piperidine rings is 1. The second kappa shape index (κ2) is 6.96. The molecule has 1 N–H and O–H groups in total. The lowest BCUT2D eigenvalue weighted by molar-refractivity contribution is -0.144. The molecule has 7 heteroatoms. The number of likely N-dealkylation sites (tertiary alicyclic amines) is 1. The number of carboxylic acids is 1. The van der Waals surface area contributed by atoms with Gasteiger partial charge in [0, 0.05) is 6.54 Å². The fourth-order valence-electron chi connectivity index (χ4n) is 3.12. The Kier molecular flexibility index (Phi) is 4.74. The number of para-hydroxylation sites is 1. The summed E-state index contributed by atoms with van der Waals surface area (Å²) in [7, 11) is 1.47. The van der Waals surface area contributed by atoms with E-state index >= 15 is 0 Å². The average molecular weight is 343 g/mol. The minimum Gasteiger partial charge on any atom is -0.493 e. The third-order valence-electron chi connectivity index (χ3n) is 4.53. The lowest BCUT2D eigenvalue weighted by atomic mass is 9.92. The van der Waals surface area contributed by atoms with Crippen molar-refractivity contribution in [1.29, 1.82) is 0 Å². The molecule has 2 heterocycles. The zero-order chi connectivity index (χ0) is 18.0. The van der Waals surface area contributed by atoms with Crippen LogP contribution in [0.3, 0.4) is 0 Å². The summed E-state index contributed by atoms with van der Waals surface area (Å²) >= 11 is 0. The predicted molar refractivity (Wildman–Crippen MR) is 91.0 cm³/mol. The van der Waals surface area contributed by atoms with Crippen molar-refractivity contribution in [2.24, 2.45) is 5.92 Å². The number of methoxy groups -OCH3 is 1. The van der Waals surface area contributed by atoms with E-state index in [4.69, 9.17) is 4.74 Å². The molecule has 0 spiro atoms. The van der Waals surface area contributed by atoms with Crippen molar-refractivity contribution in [1.82, 2.24) is 14.7 Å². The lowest BCUT2D eigenvalue weighted by Gasteiger charge is -2.35. The molecule has 132 valence electrons. The van der Waals surface area contributed by atoms with E-state index in [0.29, 0.717) is 18.7 Å². The second-order valence-electron chi connectivity index (χ2n) is 6.31. The number of aromatic nitrogens is 2. The Bertz CT molecular complexity index is 772. The van der Waals surface area contributed by atoms with Crippen molar-refractivity contribution in [3.8, 4) is 11.4 Å². The van der Waals surface area contributed by atoms with Gasteiger partial charge >= 0.3 is 5.97 Å². The van der Waals surface area contributed by atoms with Gasteiger partial charge in [0.25, 0.3) is 5.91 Å². The standard InChI is InChI=1S/C18H21N3O4/c1-12-8-9-20(14(10-12)18(23)24)17(22)16-15(25-2)11-21(19-16)13-6-4-3-5-7-13/h3-7,11-12,14H,8-10H2,1-2H3,(H,23,24). The Morgan fingerprint density at radius 3 is 2.64 bits per heavy atom. The van der Waals surface area contributed by atoms with Gasteiger partial charge in [-0.15, -0.1) is 0 Å². The third-order valence-corrected chi connectivity index (χ3v) is 4.53. The molecule has 1 aromatic carbocycles. The van der Waals surface area contributed by atoms with Gasteiger partial charge in [0.2, 0.25) is 0 Å². The Balaban J connectivity index is 1.93. The van der Waals surface area contributed by atoms with Crippen molar-refractivity contribution in [2.45, 2.75) is 25.8 Å². The Morgan fingerprint density at radius 2 is 2.00 bits per heavy atom. The number of hydrogen-bond donors (Lipinski definition) is 1. The van der Waals surface area contributed by atoms with Crippen LogP contribution in [0.4, 0.5) is 0 Å². The topological polar surface area (TPSA) is 84.7 Å². The molecule has 1 aromatic heterocycles. The van der Waals surface area contributed by atoms with Crippen molar-refractivity contribution >= 4 is 11.9 Å². The maximum Gasteiger partial charge on any atom is 0.326 e. The van der Waals surface area contributed by atoms with Gasteiger partial charge in [0.05, 0.1) is 19.0 Å². The summed E-state index contributed by atoms with van der Waals surface area (Å²) in [6, 6.07) is 8.53. The number of carbonyl (C=O) groups excluding carboxylic acids is 1. The summed E-state index contributed by atoms with van der Waals surface area (Å²) in [5.41, 5.74) is 0.925. The van der Waals surface area contributed by atoms with Crippen LogP contribution in [-0.2, 0) is 4.79 Å². The van der Waals surface area contributed by atoms with E-state index in [1.807, 2.05) is 37.3 Å². The number of benzene rings is 1. The minimum absolute atomic E-state index is 0.132. The van der Waals surface area contributed by atoms with Crippen LogP contribution in [0.1, 0.15) is 30.3 Å². The lowest BCUT2D eigenvalue weighted by Crippen LogP contribution is -2.50. The molecule has 25 heavy (non-hydrogen) atoms. The van der Waals surface area contributed by atoms with Crippen LogP contribution in [0.25, 0.3) is 5.69 Å². The molecule has 1 aliphatic heterocycles. The number of aliphatic carboxylic acids is 1. The highest BCUT2D eigenvalue weighted by molar-refractivity contribution is 5.97. The number of ether oxygens (including phenoxy) is 1. The maximum absolute atomic E-state index is 13.0. The molecule has 3 rings (SSSR count). The van der Waals surface area contributed by atoms with Gasteiger partial charge in [0.15, 0.2) is 11.4 Å². The fraction of sp³-hybridized carbons (Fsp3) is 0.389. The van der Waals surface area contributed by atoms with Crippen molar-refractivity contribution < 1.29 is 19.4 Å². The molecular formula is C18H21N3O4. The Hall–Kier alpha value is -2.83. The Morgan fingerprint density at radius 1 is 1.28 bits per heavy atom. The second-order valence-corrected chi connectivity index (χ2v) is 6.31. The van der Waals surface area contributed by atoms with E-state index in [0.717, 1.165) is 12.1 Å². The van der Waals surface area contributed by atoms with E-state index in [1.54, 1.807) is 10.9 Å². The molecule has 1 fully saturated rings. The van der Waals surface area contributed by atoms with Crippen molar-refractivity contribution in [3.63, 3.8) is 0 Å². The summed E-state index contributed by atoms with van der Waals surface area (Å²) in [6.45, 7) is 2.40. The quantitative estimate of drug-likeness (QED) is 0.920. The number of carboxylic acid groups (broad SMARTS) is 1. The Labute approximate surface area is 145 Å². The van der Waals surface area contributed by atoms with Crippen LogP contribution in [0.15, 0.2) is 36.5 Å².